The van der Waals surface area contributed by atoms with Crippen LogP contribution in [0.3, 0.4) is 0 Å². The molecule has 0 nitrogen and oxygen atoms in total. The lowest BCUT2D eigenvalue weighted by atomic mass is 10.6. The maximum Gasteiger partial charge on any atom is -0.0101 e. The Kier molecular flexibility index (Phi) is 16.2. The molecule has 2 heteroatoms. The van der Waals surface area contributed by atoms with E-state index in [1.54, 1.807) is 0 Å². The van der Waals surface area contributed by atoms with Gasteiger partial charge in [-0.05, 0) is 12.2 Å². The molecule has 0 aliphatic carbocycles. The molecule has 0 amide bonds. The van der Waals surface area contributed by atoms with E-state index in [-0.39, 0.29) is 13.5 Å². The van der Waals surface area contributed by atoms with Crippen LogP contribution in [0.2, 0.25) is 0 Å². The Morgan fingerprint density at radius 3 is 1.80 bits per heavy atom. The van der Waals surface area contributed by atoms with Gasteiger partial charge in [-0.2, -0.15) is 26.1 Å². The van der Waals surface area contributed by atoms with Crippen molar-refractivity contribution in [3.63, 3.8) is 0 Å². The SMILES string of the molecule is CCCS.S. The first-order chi connectivity index (χ1) is 1.91. The molecule has 0 spiro atoms. The average Bonchev–Trinajstić information content (AvgIpc) is 1.37. The van der Waals surface area contributed by atoms with E-state index < -0.39 is 0 Å². The largest absolute Gasteiger partial charge is 0.197 e. The topological polar surface area (TPSA) is 0 Å². The van der Waals surface area contributed by atoms with Crippen LogP contribution in [-0.2, 0) is 0 Å². The molecule has 0 aromatic carbocycles. The predicted molar refractivity (Wildman–Crippen MR) is 34.5 cm³/mol. The monoisotopic (exact) mass is 110 g/mol. The zero-order valence-corrected chi connectivity index (χ0v) is 5.26. The Labute approximate surface area is 45.8 Å². The van der Waals surface area contributed by atoms with Crippen molar-refractivity contribution in [2.24, 2.45) is 0 Å². The van der Waals surface area contributed by atoms with Gasteiger partial charge in [0.25, 0.3) is 0 Å². The van der Waals surface area contributed by atoms with Gasteiger partial charge in [-0.25, -0.2) is 0 Å². The highest BCUT2D eigenvalue weighted by Gasteiger charge is 1.57. The molecule has 5 heavy (non-hydrogen) atoms. The van der Waals surface area contributed by atoms with Gasteiger partial charge in [0.05, 0.1) is 0 Å². The smallest absolute Gasteiger partial charge is 0.0101 e. The molecular weight excluding hydrogens is 100 g/mol. The van der Waals surface area contributed by atoms with Crippen LogP contribution in [0.4, 0.5) is 0 Å². The van der Waals surface area contributed by atoms with Gasteiger partial charge in [-0.1, -0.05) is 6.92 Å². The zero-order chi connectivity index (χ0) is 3.41. The van der Waals surface area contributed by atoms with Crippen LogP contribution in [0.25, 0.3) is 0 Å². The summed E-state index contributed by atoms with van der Waals surface area (Å²) < 4.78 is 0. The highest BCUT2D eigenvalue weighted by Crippen LogP contribution is 1.74. The summed E-state index contributed by atoms with van der Waals surface area (Å²) in [5.74, 6) is 1.01. The number of hydrogen-bond donors (Lipinski definition) is 1. The molecular formula is C3H10S2. The molecule has 0 unspecified atom stereocenters. The van der Waals surface area contributed by atoms with E-state index in [1.807, 2.05) is 0 Å². The van der Waals surface area contributed by atoms with Crippen molar-refractivity contribution in [3.8, 4) is 0 Å². The lowest BCUT2D eigenvalue weighted by Crippen LogP contribution is -1.56. The lowest BCUT2D eigenvalue weighted by Gasteiger charge is -1.67. The molecule has 0 aromatic heterocycles. The highest BCUT2D eigenvalue weighted by atomic mass is 32.1. The molecule has 0 atom stereocenters. The van der Waals surface area contributed by atoms with E-state index in [0.717, 1.165) is 5.75 Å². The number of hydrogen-bond acceptors (Lipinski definition) is 1. The second-order valence-electron chi connectivity index (χ2n) is 0.724. The van der Waals surface area contributed by atoms with Gasteiger partial charge in [0.15, 0.2) is 0 Å². The van der Waals surface area contributed by atoms with Crippen LogP contribution in [0, 0.1) is 0 Å². The quantitative estimate of drug-likeness (QED) is 0.485. The summed E-state index contributed by atoms with van der Waals surface area (Å²) in [7, 11) is 0. The van der Waals surface area contributed by atoms with Crippen LogP contribution in [-0.4, -0.2) is 5.75 Å². The third-order valence-electron chi connectivity index (χ3n) is 0.224. The Morgan fingerprint density at radius 1 is 1.60 bits per heavy atom. The van der Waals surface area contributed by atoms with Crippen molar-refractivity contribution in [3.05, 3.63) is 0 Å². The minimum absolute atomic E-state index is 0. The maximum absolute atomic E-state index is 3.92. The summed E-state index contributed by atoms with van der Waals surface area (Å²) in [5.41, 5.74) is 0. The predicted octanol–water partition coefficient (Wildman–Crippen LogP) is 1.44. The molecule has 0 heterocycles. The molecule has 0 saturated carbocycles. The van der Waals surface area contributed by atoms with E-state index >= 15 is 0 Å². The minimum atomic E-state index is 0. The molecule has 0 radical (unpaired) electrons. The van der Waals surface area contributed by atoms with E-state index in [9.17, 15) is 0 Å². The average molecular weight is 110 g/mol. The maximum atomic E-state index is 3.92. The van der Waals surface area contributed by atoms with Gasteiger partial charge >= 0.3 is 0 Å². The minimum Gasteiger partial charge on any atom is -0.197 e. The van der Waals surface area contributed by atoms with Crippen LogP contribution < -0.4 is 0 Å². The molecule has 0 saturated heterocycles. The van der Waals surface area contributed by atoms with Crippen molar-refractivity contribution in [1.82, 2.24) is 0 Å². The molecule has 0 bridgehead atoms. The fourth-order valence-electron chi connectivity index (χ4n) is 0. The summed E-state index contributed by atoms with van der Waals surface area (Å²) in [5, 5.41) is 0. The van der Waals surface area contributed by atoms with E-state index in [0.29, 0.717) is 0 Å². The van der Waals surface area contributed by atoms with Gasteiger partial charge in [-0.3, -0.25) is 0 Å². The Morgan fingerprint density at radius 2 is 1.80 bits per heavy atom. The van der Waals surface area contributed by atoms with E-state index in [2.05, 4.69) is 19.6 Å². The summed E-state index contributed by atoms with van der Waals surface area (Å²) in [4.78, 5) is 0. The van der Waals surface area contributed by atoms with Crippen molar-refractivity contribution < 1.29 is 0 Å². The standard InChI is InChI=1S/C3H8S.H2S/c1-2-3-4;/h4H,2-3H2,1H3;1H2. The van der Waals surface area contributed by atoms with Crippen molar-refractivity contribution in [2.75, 3.05) is 5.75 Å². The number of rotatable bonds is 1. The second-order valence-corrected chi connectivity index (χ2v) is 1.17. The molecule has 0 fully saturated rings. The molecule has 0 rings (SSSR count). The number of thiol groups is 1. The van der Waals surface area contributed by atoms with Gasteiger partial charge in [-0.15, -0.1) is 0 Å². The second kappa shape index (κ2) is 8.83. The third kappa shape index (κ3) is 11.9. The van der Waals surface area contributed by atoms with Crippen molar-refractivity contribution >= 4 is 26.1 Å². The Balaban J connectivity index is 0. The van der Waals surface area contributed by atoms with Gasteiger partial charge < -0.3 is 0 Å². The molecule has 0 N–H and O–H groups in total. The first-order valence-electron chi connectivity index (χ1n) is 1.52. The van der Waals surface area contributed by atoms with Crippen molar-refractivity contribution in [1.29, 1.82) is 0 Å². The van der Waals surface area contributed by atoms with Crippen LogP contribution in [0.15, 0.2) is 0 Å². The summed E-state index contributed by atoms with van der Waals surface area (Å²) in [6.45, 7) is 2.10. The van der Waals surface area contributed by atoms with E-state index in [4.69, 9.17) is 0 Å². The van der Waals surface area contributed by atoms with Gasteiger partial charge in [0, 0.05) is 0 Å². The Bertz CT molecular complexity index is 6.85. The van der Waals surface area contributed by atoms with Crippen LogP contribution >= 0.6 is 26.1 Å². The van der Waals surface area contributed by atoms with Gasteiger partial charge in [0.1, 0.15) is 0 Å². The molecule has 0 aliphatic heterocycles. The summed E-state index contributed by atoms with van der Waals surface area (Å²) in [6.07, 6.45) is 1.18. The third-order valence-corrected chi connectivity index (χ3v) is 0.671. The zero-order valence-electron chi connectivity index (χ0n) is 3.36. The van der Waals surface area contributed by atoms with Gasteiger partial charge in [0.2, 0.25) is 0 Å². The van der Waals surface area contributed by atoms with Crippen molar-refractivity contribution in [2.45, 2.75) is 13.3 Å². The fourth-order valence-corrected chi connectivity index (χ4v) is 0. The summed E-state index contributed by atoms with van der Waals surface area (Å²) in [6, 6.07) is 0. The van der Waals surface area contributed by atoms with Crippen LogP contribution in [0.1, 0.15) is 13.3 Å². The first kappa shape index (κ1) is 9.20. The van der Waals surface area contributed by atoms with Crippen LogP contribution in [0.5, 0.6) is 0 Å². The molecule has 34 valence electrons. The normalized spacial score (nSPS) is 6.00. The fraction of sp³-hybridized carbons (Fsp3) is 1.00. The highest BCUT2D eigenvalue weighted by molar-refractivity contribution is 7.80. The molecule has 0 aliphatic rings. The molecule has 0 aromatic rings. The van der Waals surface area contributed by atoms with E-state index in [1.165, 1.54) is 6.42 Å². The lowest BCUT2D eigenvalue weighted by molar-refractivity contribution is 1.11. The summed E-state index contributed by atoms with van der Waals surface area (Å²) >= 11 is 3.92. The first-order valence-corrected chi connectivity index (χ1v) is 2.16. The Hall–Kier alpha value is 0.700.